The number of para-hydroxylation sites is 1. The number of H-pyrrole nitrogens is 1. The van der Waals surface area contributed by atoms with Crippen molar-refractivity contribution in [3.8, 4) is 11.4 Å². The van der Waals surface area contributed by atoms with Gasteiger partial charge in [0.15, 0.2) is 0 Å². The number of cyclic esters (lactones) is 1. The molecule has 0 spiro atoms. The number of hydrogen-bond acceptors (Lipinski definition) is 7. The zero-order valence-electron chi connectivity index (χ0n) is 23.2. The number of fused-ring (bicyclic) bond motifs is 2. The predicted molar refractivity (Wildman–Crippen MR) is 148 cm³/mol. The second kappa shape index (κ2) is 13.2. The number of pyridine rings is 2. The largest absolute Gasteiger partial charge is 0.458 e. The van der Waals surface area contributed by atoms with E-state index in [1.54, 1.807) is 13.1 Å². The van der Waals surface area contributed by atoms with Crippen LogP contribution in [-0.4, -0.2) is 65.6 Å². The summed E-state index contributed by atoms with van der Waals surface area (Å²) in [5, 5.41) is 0.984. The Labute approximate surface area is 223 Å². The van der Waals surface area contributed by atoms with Crippen LogP contribution in [0, 0.1) is 6.92 Å². The van der Waals surface area contributed by atoms with Crippen LogP contribution in [0.3, 0.4) is 0 Å². The molecular weight excluding hydrogens is 484 g/mol. The smallest absolute Gasteiger partial charge is 0.410 e. The monoisotopic (exact) mass is 522 g/mol. The maximum atomic E-state index is 12.9. The van der Waals surface area contributed by atoms with Gasteiger partial charge in [-0.25, -0.2) is 14.6 Å². The molecule has 204 valence electrons. The van der Waals surface area contributed by atoms with Crippen molar-refractivity contribution in [3.63, 3.8) is 0 Å². The number of unbranched alkanes of at least 4 members (excludes halogenated alkanes) is 1. The molecule has 0 saturated carbocycles. The van der Waals surface area contributed by atoms with Crippen LogP contribution < -0.4 is 5.56 Å². The van der Waals surface area contributed by atoms with Crippen LogP contribution in [0.1, 0.15) is 56.4 Å². The van der Waals surface area contributed by atoms with Crippen molar-refractivity contribution >= 4 is 23.0 Å². The van der Waals surface area contributed by atoms with Crippen molar-refractivity contribution in [3.05, 3.63) is 63.4 Å². The summed E-state index contributed by atoms with van der Waals surface area (Å²) in [4.78, 5) is 49.5. The quantitative estimate of drug-likeness (QED) is 0.423. The maximum absolute atomic E-state index is 12.9. The lowest BCUT2D eigenvalue weighted by Gasteiger charge is -2.27. The van der Waals surface area contributed by atoms with E-state index in [0.717, 1.165) is 35.9 Å². The summed E-state index contributed by atoms with van der Waals surface area (Å²) in [5.74, 6) is -0.705. The van der Waals surface area contributed by atoms with Gasteiger partial charge < -0.3 is 24.3 Å². The van der Waals surface area contributed by atoms with E-state index >= 15 is 0 Å². The molecule has 1 amide bonds. The van der Waals surface area contributed by atoms with Crippen LogP contribution in [0.25, 0.3) is 22.3 Å². The Morgan fingerprint density at radius 2 is 1.87 bits per heavy atom. The number of aromatic amines is 1. The number of aromatic nitrogens is 2. The normalized spacial score (nSPS) is 14.4. The molecule has 1 aromatic carbocycles. The molecule has 3 heterocycles. The Morgan fingerprint density at radius 3 is 2.61 bits per heavy atom. The number of carbonyl (C=O) groups is 2. The van der Waals surface area contributed by atoms with E-state index in [9.17, 15) is 14.4 Å². The summed E-state index contributed by atoms with van der Waals surface area (Å²) in [7, 11) is 3.62. The molecule has 38 heavy (non-hydrogen) atoms. The van der Waals surface area contributed by atoms with E-state index in [2.05, 4.69) is 16.8 Å². The average molecular weight is 523 g/mol. The Bertz CT molecular complexity index is 1340. The van der Waals surface area contributed by atoms with E-state index in [1.807, 2.05) is 58.2 Å². The van der Waals surface area contributed by atoms with Crippen LogP contribution in [-0.2, 0) is 20.9 Å². The van der Waals surface area contributed by atoms with Crippen LogP contribution in [0.2, 0.25) is 0 Å². The molecule has 1 aliphatic heterocycles. The maximum Gasteiger partial charge on any atom is 0.410 e. The highest BCUT2D eigenvalue weighted by Crippen LogP contribution is 2.31. The van der Waals surface area contributed by atoms with Crippen molar-refractivity contribution in [1.29, 1.82) is 0 Å². The number of hydrogen-bond donors (Lipinski definition) is 1. The van der Waals surface area contributed by atoms with E-state index in [-0.39, 0.29) is 12.2 Å². The van der Waals surface area contributed by atoms with Crippen LogP contribution in [0.15, 0.2) is 41.2 Å². The number of aryl methyl sites for hydroxylation is 1. The topological polar surface area (TPSA) is 105 Å². The van der Waals surface area contributed by atoms with Crippen molar-refractivity contribution in [2.45, 2.75) is 53.2 Å². The number of carbonyl (C=O) groups excluding carboxylic acids is 2. The van der Waals surface area contributed by atoms with E-state index in [1.165, 1.54) is 4.90 Å². The van der Waals surface area contributed by atoms with Gasteiger partial charge in [-0.2, -0.15) is 0 Å². The van der Waals surface area contributed by atoms with E-state index in [0.29, 0.717) is 30.0 Å². The van der Waals surface area contributed by atoms with Gasteiger partial charge in [-0.05, 0) is 50.7 Å². The Kier molecular flexibility index (Phi) is 10.0. The van der Waals surface area contributed by atoms with Gasteiger partial charge in [0.05, 0.1) is 22.5 Å². The van der Waals surface area contributed by atoms with E-state index < -0.39 is 23.7 Å². The third kappa shape index (κ3) is 6.58. The lowest BCUT2D eigenvalue weighted by Crippen LogP contribution is -2.38. The van der Waals surface area contributed by atoms with Gasteiger partial charge in [0.25, 0.3) is 5.56 Å². The molecule has 4 rings (SSSR count). The van der Waals surface area contributed by atoms with Crippen molar-refractivity contribution < 1.29 is 19.1 Å². The molecule has 3 aromatic rings. The van der Waals surface area contributed by atoms with Crippen molar-refractivity contribution in [2.24, 2.45) is 0 Å². The minimum absolute atomic E-state index is 0.181. The average Bonchev–Trinajstić information content (AvgIpc) is 2.92. The Hall–Kier alpha value is -3.72. The first kappa shape index (κ1) is 28.8. The molecule has 0 radical (unpaired) electrons. The summed E-state index contributed by atoms with van der Waals surface area (Å²) in [6.07, 6.45) is 0.192. The standard InChI is InChI=1S/C27H32N4O5.C2H6/c1-5-6-11-30(3)12-13-31(4)27(34)36-24-19-15-22(29-25(32)20(19)16-35-26(24)33)23-17(2)14-18-9-7-8-10-21(18)28-23;1-2/h7-10,14-15,24H,5-6,11-13,16H2,1-4H3,(H,29,32);1-2H3. The summed E-state index contributed by atoms with van der Waals surface area (Å²) >= 11 is 0. The third-order valence-electron chi connectivity index (χ3n) is 6.44. The minimum atomic E-state index is -1.33. The molecule has 0 bridgehead atoms. The Balaban J connectivity index is 0.00000195. The van der Waals surface area contributed by atoms with Crippen molar-refractivity contribution in [1.82, 2.24) is 19.8 Å². The molecule has 2 aromatic heterocycles. The molecule has 1 unspecified atom stereocenters. The fourth-order valence-electron chi connectivity index (χ4n) is 4.21. The second-order valence-corrected chi connectivity index (χ2v) is 9.24. The first-order valence-corrected chi connectivity index (χ1v) is 13.2. The van der Waals surface area contributed by atoms with Crippen molar-refractivity contribution in [2.75, 3.05) is 33.7 Å². The highest BCUT2D eigenvalue weighted by atomic mass is 16.6. The highest BCUT2D eigenvalue weighted by molar-refractivity contribution is 5.84. The molecule has 0 saturated heterocycles. The number of nitrogens with zero attached hydrogens (tertiary/aromatic N) is 3. The summed E-state index contributed by atoms with van der Waals surface area (Å²) in [6.45, 7) is 9.91. The zero-order chi connectivity index (χ0) is 27.8. The predicted octanol–water partition coefficient (Wildman–Crippen LogP) is 4.82. The zero-order valence-corrected chi connectivity index (χ0v) is 23.2. The lowest BCUT2D eigenvalue weighted by molar-refractivity contribution is -0.158. The number of benzene rings is 1. The number of nitrogens with one attached hydrogen (secondary N) is 1. The van der Waals surface area contributed by atoms with Gasteiger partial charge in [-0.3, -0.25) is 4.79 Å². The second-order valence-electron chi connectivity index (χ2n) is 9.24. The van der Waals surface area contributed by atoms with Gasteiger partial charge in [0, 0.05) is 31.1 Å². The Morgan fingerprint density at radius 1 is 1.13 bits per heavy atom. The molecule has 0 aliphatic carbocycles. The van der Waals surface area contributed by atoms with Gasteiger partial charge in [0.1, 0.15) is 6.61 Å². The van der Waals surface area contributed by atoms with Gasteiger partial charge in [-0.15, -0.1) is 0 Å². The fourth-order valence-corrected chi connectivity index (χ4v) is 4.21. The number of rotatable bonds is 8. The summed E-state index contributed by atoms with van der Waals surface area (Å²) in [5.41, 5.74) is 2.86. The first-order valence-electron chi connectivity index (χ1n) is 13.2. The molecule has 1 N–H and O–H groups in total. The SMILES string of the molecule is CC.CCCCN(C)CCN(C)C(=O)OC1C(=O)OCc2c1cc(-c1nc3ccccc3cc1C)[nH]c2=O. The molecule has 1 aliphatic rings. The fraction of sp³-hybridized carbons (Fsp3) is 0.448. The van der Waals surface area contributed by atoms with Crippen LogP contribution >= 0.6 is 0 Å². The summed E-state index contributed by atoms with van der Waals surface area (Å²) in [6, 6.07) is 11.4. The molecule has 1 atom stereocenters. The molecule has 0 fully saturated rings. The van der Waals surface area contributed by atoms with E-state index in [4.69, 9.17) is 14.5 Å². The minimum Gasteiger partial charge on any atom is -0.458 e. The third-order valence-corrected chi connectivity index (χ3v) is 6.44. The molecule has 9 nitrogen and oxygen atoms in total. The molecular formula is C29H38N4O5. The molecule has 9 heteroatoms. The highest BCUT2D eigenvalue weighted by Gasteiger charge is 2.36. The lowest BCUT2D eigenvalue weighted by atomic mass is 9.99. The number of esters is 1. The first-order chi connectivity index (χ1) is 18.3. The van der Waals surface area contributed by atoms with Gasteiger partial charge in [0.2, 0.25) is 6.10 Å². The number of ether oxygens (including phenoxy) is 2. The van der Waals surface area contributed by atoms with Gasteiger partial charge >= 0.3 is 12.1 Å². The van der Waals surface area contributed by atoms with Crippen LogP contribution in [0.5, 0.6) is 0 Å². The van der Waals surface area contributed by atoms with Gasteiger partial charge in [-0.1, -0.05) is 45.4 Å². The number of likely N-dealkylation sites (N-methyl/N-ethyl adjacent to an activating group) is 2. The number of amides is 1. The van der Waals surface area contributed by atoms with Crippen LogP contribution in [0.4, 0.5) is 4.79 Å². The summed E-state index contributed by atoms with van der Waals surface area (Å²) < 4.78 is 10.7.